The van der Waals surface area contributed by atoms with Crippen LogP contribution in [-0.2, 0) is 14.8 Å². The van der Waals surface area contributed by atoms with Crippen LogP contribution in [0.25, 0.3) is 0 Å². The Bertz CT molecular complexity index is 965. The van der Waals surface area contributed by atoms with Crippen molar-refractivity contribution in [2.75, 3.05) is 41.3 Å². The number of ether oxygens (including phenoxy) is 1. The van der Waals surface area contributed by atoms with E-state index >= 15 is 0 Å². The number of nitrogens with one attached hydrogen (secondary N) is 1. The van der Waals surface area contributed by atoms with Crippen LogP contribution < -0.4 is 10.1 Å². The fourth-order valence-corrected chi connectivity index (χ4v) is 4.39. The minimum Gasteiger partial charge on any atom is -0.496 e. The standard InChI is InChI=1S/C22H30FN3O4S/c1-25(2)20(19-8-5-6-9-21(19)30-4)16-24-22(27)10-7-15-26(3)31(28,29)18-13-11-17(23)12-14-18/h5-6,8-9,11-14,20H,7,10,15-16H2,1-4H3,(H,24,27). The van der Waals surface area contributed by atoms with Crippen molar-refractivity contribution in [1.29, 1.82) is 0 Å². The number of halogens is 1. The molecule has 0 spiro atoms. The molecule has 0 aliphatic carbocycles. The molecule has 2 aromatic rings. The number of amides is 1. The summed E-state index contributed by atoms with van der Waals surface area (Å²) in [7, 11) is 3.19. The van der Waals surface area contributed by atoms with E-state index in [0.29, 0.717) is 13.0 Å². The van der Waals surface area contributed by atoms with Gasteiger partial charge in [-0.15, -0.1) is 0 Å². The molecule has 170 valence electrons. The van der Waals surface area contributed by atoms with Crippen LogP contribution in [0.15, 0.2) is 53.4 Å². The molecule has 0 aliphatic rings. The normalized spacial score (nSPS) is 12.7. The molecule has 0 saturated carbocycles. The fraction of sp³-hybridized carbons (Fsp3) is 0.409. The van der Waals surface area contributed by atoms with Crippen molar-refractivity contribution < 1.29 is 22.3 Å². The highest BCUT2D eigenvalue weighted by molar-refractivity contribution is 7.89. The first-order chi connectivity index (χ1) is 14.7. The highest BCUT2D eigenvalue weighted by Gasteiger charge is 2.21. The lowest BCUT2D eigenvalue weighted by Crippen LogP contribution is -2.35. The summed E-state index contributed by atoms with van der Waals surface area (Å²) in [6, 6.07) is 12.3. The molecule has 0 fully saturated rings. The summed E-state index contributed by atoms with van der Waals surface area (Å²) in [5.74, 6) is 0.0971. The Morgan fingerprint density at radius 3 is 2.35 bits per heavy atom. The molecule has 2 aromatic carbocycles. The molecule has 1 amide bonds. The zero-order valence-corrected chi connectivity index (χ0v) is 19.2. The largest absolute Gasteiger partial charge is 0.496 e. The number of carbonyl (C=O) groups excluding carboxylic acids is 1. The van der Waals surface area contributed by atoms with E-state index in [4.69, 9.17) is 4.74 Å². The van der Waals surface area contributed by atoms with Gasteiger partial charge in [0.25, 0.3) is 0 Å². The number of rotatable bonds is 11. The van der Waals surface area contributed by atoms with Crippen LogP contribution in [0.1, 0.15) is 24.4 Å². The molecule has 0 heterocycles. The van der Waals surface area contributed by atoms with Crippen molar-refractivity contribution in [2.24, 2.45) is 0 Å². The number of benzene rings is 2. The third-order valence-electron chi connectivity index (χ3n) is 5.01. The summed E-state index contributed by atoms with van der Waals surface area (Å²) >= 11 is 0. The minimum absolute atomic E-state index is 0.0199. The molecule has 0 bridgehead atoms. The van der Waals surface area contributed by atoms with E-state index in [2.05, 4.69) is 5.32 Å². The van der Waals surface area contributed by atoms with Crippen LogP contribution >= 0.6 is 0 Å². The van der Waals surface area contributed by atoms with Crippen LogP contribution in [-0.4, -0.2) is 64.9 Å². The Hall–Kier alpha value is -2.49. The molecule has 1 N–H and O–H groups in total. The van der Waals surface area contributed by atoms with Crippen molar-refractivity contribution in [3.05, 3.63) is 59.9 Å². The summed E-state index contributed by atoms with van der Waals surface area (Å²) in [6.45, 7) is 0.576. The smallest absolute Gasteiger partial charge is 0.242 e. The Labute approximate surface area is 183 Å². The van der Waals surface area contributed by atoms with Gasteiger partial charge in [0.2, 0.25) is 15.9 Å². The molecule has 1 unspecified atom stereocenters. The molecule has 0 aromatic heterocycles. The SMILES string of the molecule is COc1ccccc1C(CNC(=O)CCCN(C)S(=O)(=O)c1ccc(F)cc1)N(C)C. The second-order valence-corrected chi connectivity index (χ2v) is 9.45. The van der Waals surface area contributed by atoms with Crippen LogP contribution in [0.3, 0.4) is 0 Å². The lowest BCUT2D eigenvalue weighted by molar-refractivity contribution is -0.121. The van der Waals surface area contributed by atoms with E-state index in [1.165, 1.54) is 23.5 Å². The Kier molecular flexibility index (Phi) is 8.97. The van der Waals surface area contributed by atoms with Crippen molar-refractivity contribution in [1.82, 2.24) is 14.5 Å². The number of hydrogen-bond acceptors (Lipinski definition) is 5. The van der Waals surface area contributed by atoms with Crippen LogP contribution in [0, 0.1) is 5.82 Å². The lowest BCUT2D eigenvalue weighted by atomic mass is 10.0. The number of nitrogens with zero attached hydrogens (tertiary/aromatic N) is 2. The first-order valence-electron chi connectivity index (χ1n) is 9.94. The Morgan fingerprint density at radius 2 is 1.74 bits per heavy atom. The number of hydrogen-bond donors (Lipinski definition) is 1. The van der Waals surface area contributed by atoms with Gasteiger partial charge in [-0.05, 0) is 50.8 Å². The predicted octanol–water partition coefficient (Wildman–Crippen LogP) is 2.65. The first-order valence-corrected chi connectivity index (χ1v) is 11.4. The van der Waals surface area contributed by atoms with Crippen molar-refractivity contribution in [2.45, 2.75) is 23.8 Å². The van der Waals surface area contributed by atoms with Gasteiger partial charge < -0.3 is 15.0 Å². The van der Waals surface area contributed by atoms with Gasteiger partial charge in [0, 0.05) is 32.1 Å². The molecule has 2 rings (SSSR count). The minimum atomic E-state index is -3.72. The van der Waals surface area contributed by atoms with Gasteiger partial charge in [-0.2, -0.15) is 0 Å². The van der Waals surface area contributed by atoms with E-state index < -0.39 is 15.8 Å². The molecule has 0 aliphatic heterocycles. The van der Waals surface area contributed by atoms with Crippen LogP contribution in [0.4, 0.5) is 4.39 Å². The van der Waals surface area contributed by atoms with Crippen LogP contribution in [0.2, 0.25) is 0 Å². The van der Waals surface area contributed by atoms with E-state index in [9.17, 15) is 17.6 Å². The maximum Gasteiger partial charge on any atom is 0.242 e. The third kappa shape index (κ3) is 6.75. The molecule has 1 atom stereocenters. The van der Waals surface area contributed by atoms with Crippen molar-refractivity contribution >= 4 is 15.9 Å². The summed E-state index contributed by atoms with van der Waals surface area (Å²) in [5, 5.41) is 2.92. The number of carbonyl (C=O) groups is 1. The maximum absolute atomic E-state index is 13.0. The van der Waals surface area contributed by atoms with Gasteiger partial charge in [-0.1, -0.05) is 18.2 Å². The van der Waals surface area contributed by atoms with Crippen molar-refractivity contribution in [3.8, 4) is 5.75 Å². The Balaban J connectivity index is 1.87. The average molecular weight is 452 g/mol. The second kappa shape index (κ2) is 11.2. The lowest BCUT2D eigenvalue weighted by Gasteiger charge is -2.26. The molecular formula is C22H30FN3O4S. The average Bonchev–Trinajstić information content (AvgIpc) is 2.74. The molecule has 7 nitrogen and oxygen atoms in total. The maximum atomic E-state index is 13.0. The van der Waals surface area contributed by atoms with Gasteiger partial charge in [-0.25, -0.2) is 17.1 Å². The zero-order valence-electron chi connectivity index (χ0n) is 18.3. The highest BCUT2D eigenvalue weighted by atomic mass is 32.2. The van der Waals surface area contributed by atoms with Gasteiger partial charge >= 0.3 is 0 Å². The van der Waals surface area contributed by atoms with E-state index in [1.807, 2.05) is 43.3 Å². The summed E-state index contributed by atoms with van der Waals surface area (Å²) in [6.07, 6.45) is 0.555. The zero-order chi connectivity index (χ0) is 23.0. The van der Waals surface area contributed by atoms with E-state index in [0.717, 1.165) is 23.4 Å². The van der Waals surface area contributed by atoms with E-state index in [-0.39, 0.29) is 29.8 Å². The predicted molar refractivity (Wildman–Crippen MR) is 118 cm³/mol. The highest BCUT2D eigenvalue weighted by Crippen LogP contribution is 2.27. The third-order valence-corrected chi connectivity index (χ3v) is 6.88. The topological polar surface area (TPSA) is 79.0 Å². The van der Waals surface area contributed by atoms with Gasteiger partial charge in [0.15, 0.2) is 0 Å². The van der Waals surface area contributed by atoms with Gasteiger partial charge in [0.1, 0.15) is 11.6 Å². The van der Waals surface area contributed by atoms with Gasteiger partial charge in [0.05, 0.1) is 18.0 Å². The van der Waals surface area contributed by atoms with Crippen molar-refractivity contribution in [3.63, 3.8) is 0 Å². The molecule has 9 heteroatoms. The molecule has 31 heavy (non-hydrogen) atoms. The van der Waals surface area contributed by atoms with Gasteiger partial charge in [-0.3, -0.25) is 4.79 Å². The quantitative estimate of drug-likeness (QED) is 0.568. The monoisotopic (exact) mass is 451 g/mol. The number of sulfonamides is 1. The summed E-state index contributed by atoms with van der Waals surface area (Å²) < 4.78 is 44.7. The molecule has 0 radical (unpaired) electrons. The molecular weight excluding hydrogens is 421 g/mol. The number of likely N-dealkylation sites (N-methyl/N-ethyl adjacent to an activating group) is 1. The second-order valence-electron chi connectivity index (χ2n) is 7.41. The summed E-state index contributed by atoms with van der Waals surface area (Å²) in [5.41, 5.74) is 0.973. The van der Waals surface area contributed by atoms with Crippen LogP contribution in [0.5, 0.6) is 5.75 Å². The summed E-state index contributed by atoms with van der Waals surface area (Å²) in [4.78, 5) is 14.3. The first kappa shape index (κ1) is 24.8. The van der Waals surface area contributed by atoms with E-state index in [1.54, 1.807) is 7.11 Å². The number of para-hydroxylation sites is 1. The molecule has 0 saturated heterocycles. The number of methoxy groups -OCH3 is 1. The fourth-order valence-electron chi connectivity index (χ4n) is 3.18. The Morgan fingerprint density at radius 1 is 1.10 bits per heavy atom.